The van der Waals surface area contributed by atoms with Crippen molar-refractivity contribution in [3.8, 4) is 0 Å². The fourth-order valence-electron chi connectivity index (χ4n) is 8.22. The molecule has 0 N–H and O–H groups in total. The monoisotopic (exact) mass is 779 g/mol. The summed E-state index contributed by atoms with van der Waals surface area (Å²) in [5, 5.41) is 0. The molecular formula is C37H58IN5O5. The molecule has 3 saturated heterocycles. The predicted molar refractivity (Wildman–Crippen MR) is 197 cm³/mol. The summed E-state index contributed by atoms with van der Waals surface area (Å²) in [6.07, 6.45) is 18.8. The van der Waals surface area contributed by atoms with Crippen molar-refractivity contribution in [3.63, 3.8) is 0 Å². The number of likely N-dealkylation sites (tertiary alicyclic amines) is 3. The summed E-state index contributed by atoms with van der Waals surface area (Å²) in [4.78, 5) is 54.5. The number of unbranched alkanes of at least 4 members (excludes halogenated alkanes) is 1. The van der Waals surface area contributed by atoms with Gasteiger partial charge in [0.2, 0.25) is 0 Å². The number of amides is 2. The van der Waals surface area contributed by atoms with E-state index in [0.29, 0.717) is 45.2 Å². The Labute approximate surface area is 301 Å². The zero-order chi connectivity index (χ0) is 34.3. The average Bonchev–Trinajstić information content (AvgIpc) is 3.60. The molecule has 5 aliphatic rings. The van der Waals surface area contributed by atoms with Crippen molar-refractivity contribution in [1.29, 1.82) is 0 Å². The first-order valence-corrected chi connectivity index (χ1v) is 19.8. The number of esters is 1. The minimum absolute atomic E-state index is 0.0172. The van der Waals surface area contributed by atoms with Crippen molar-refractivity contribution in [2.24, 2.45) is 16.8 Å². The zero-order valence-electron chi connectivity index (χ0n) is 29.7. The summed E-state index contributed by atoms with van der Waals surface area (Å²) < 4.78 is 11.5. The molecule has 4 fully saturated rings. The van der Waals surface area contributed by atoms with Crippen LogP contribution in [0.5, 0.6) is 0 Å². The van der Waals surface area contributed by atoms with E-state index in [2.05, 4.69) is 50.3 Å². The highest BCUT2D eigenvalue weighted by Gasteiger charge is 2.48. The topological polar surface area (TPSA) is 95.0 Å². The van der Waals surface area contributed by atoms with Gasteiger partial charge in [0.15, 0.2) is 5.84 Å². The minimum Gasteiger partial charge on any atom is -0.464 e. The first-order valence-electron chi connectivity index (χ1n) is 18.5. The second kappa shape index (κ2) is 16.7. The number of alkyl halides is 1. The Morgan fingerprint density at radius 2 is 1.62 bits per heavy atom. The predicted octanol–water partition coefficient (Wildman–Crippen LogP) is 6.19. The highest BCUT2D eigenvalue weighted by molar-refractivity contribution is 14.1. The van der Waals surface area contributed by atoms with Gasteiger partial charge in [-0.15, -0.1) is 0 Å². The molecule has 3 unspecified atom stereocenters. The fraction of sp³-hybridized carbons (Fsp3) is 0.784. The number of halogens is 1. The molecule has 1 saturated carbocycles. The van der Waals surface area contributed by atoms with Crippen LogP contribution in [0.15, 0.2) is 29.3 Å². The minimum atomic E-state index is -0.559. The van der Waals surface area contributed by atoms with Gasteiger partial charge in [0.25, 0.3) is 5.91 Å². The van der Waals surface area contributed by atoms with Crippen LogP contribution >= 0.6 is 22.6 Å². The number of rotatable bonds is 6. The Kier molecular flexibility index (Phi) is 12.9. The number of carbonyl (C=O) groups is 3. The number of carbonyl (C=O) groups excluding carboxylic acids is 3. The van der Waals surface area contributed by atoms with E-state index in [0.717, 1.165) is 64.5 Å². The molecule has 11 heteroatoms. The summed E-state index contributed by atoms with van der Waals surface area (Å²) in [5.74, 6) is 1.04. The molecule has 1 aliphatic carbocycles. The van der Waals surface area contributed by atoms with Crippen LogP contribution in [0.1, 0.15) is 98.3 Å². The highest BCUT2D eigenvalue weighted by atomic mass is 127. The summed E-state index contributed by atoms with van der Waals surface area (Å²) in [5.41, 5.74) is -1.08. The molecule has 268 valence electrons. The number of amidine groups is 1. The number of piperidine rings is 1. The van der Waals surface area contributed by atoms with Crippen LogP contribution < -0.4 is 0 Å². The second-order valence-electron chi connectivity index (χ2n) is 15.4. The molecular weight excluding hydrogens is 721 g/mol. The van der Waals surface area contributed by atoms with Crippen LogP contribution in [0.3, 0.4) is 0 Å². The lowest BCUT2D eigenvalue weighted by Gasteiger charge is -2.48. The van der Waals surface area contributed by atoms with E-state index in [1.165, 1.54) is 19.3 Å². The molecule has 0 aromatic carbocycles. The summed E-state index contributed by atoms with van der Waals surface area (Å²) in [6, 6.07) is 0.0420. The second-order valence-corrected chi connectivity index (χ2v) is 16.7. The first kappa shape index (κ1) is 37.1. The maximum Gasteiger partial charge on any atom is 0.410 e. The van der Waals surface area contributed by atoms with Crippen LogP contribution in [0.2, 0.25) is 0 Å². The van der Waals surface area contributed by atoms with Gasteiger partial charge in [-0.2, -0.15) is 0 Å². The summed E-state index contributed by atoms with van der Waals surface area (Å²) in [6.45, 7) is 13.0. The van der Waals surface area contributed by atoms with E-state index in [4.69, 9.17) is 14.5 Å². The Morgan fingerprint density at radius 3 is 2.25 bits per heavy atom. The molecule has 2 amide bonds. The van der Waals surface area contributed by atoms with Gasteiger partial charge in [-0.3, -0.25) is 19.5 Å². The fourth-order valence-corrected chi connectivity index (χ4v) is 9.17. The average molecular weight is 780 g/mol. The normalized spacial score (nSPS) is 29.0. The Balaban J connectivity index is 1.29. The van der Waals surface area contributed by atoms with Crippen molar-refractivity contribution in [3.05, 3.63) is 24.3 Å². The standard InChI is InChI=1S/C37H58IN5O5/c1-5-6-23-47-34(45)37(18-12-8-7-9-13-19-37)42-21-16-30(17-22-42)43-31(38)15-11-10-14-20-39-32(33(43)44)40-24-28-26-41(27-29(28)25-40)35(46)48-36(2,3)4/h10-11,14-15,28-31H,5-9,12-13,16-27H2,1-4H3/b14-10-,15-11-,39-32?. The van der Waals surface area contributed by atoms with Crippen LogP contribution in [0.4, 0.5) is 4.79 Å². The van der Waals surface area contributed by atoms with Gasteiger partial charge in [-0.05, 0) is 52.9 Å². The Bertz CT molecular complexity index is 1200. The number of hydrogen-bond acceptors (Lipinski definition) is 8. The lowest BCUT2D eigenvalue weighted by atomic mass is 9.81. The third-order valence-corrected chi connectivity index (χ3v) is 11.8. The van der Waals surface area contributed by atoms with E-state index >= 15 is 0 Å². The van der Waals surface area contributed by atoms with Gasteiger partial charge in [0.1, 0.15) is 15.2 Å². The van der Waals surface area contributed by atoms with Gasteiger partial charge in [-0.1, -0.05) is 92.3 Å². The van der Waals surface area contributed by atoms with E-state index in [1.54, 1.807) is 0 Å². The van der Waals surface area contributed by atoms with Crippen molar-refractivity contribution >= 4 is 46.4 Å². The Morgan fingerprint density at radius 1 is 0.979 bits per heavy atom. The number of aliphatic imine (C=N–C) groups is 1. The van der Waals surface area contributed by atoms with Gasteiger partial charge in [0, 0.05) is 57.1 Å². The third kappa shape index (κ3) is 8.95. The molecule has 0 bridgehead atoms. The first-order chi connectivity index (χ1) is 23.0. The molecule has 48 heavy (non-hydrogen) atoms. The van der Waals surface area contributed by atoms with E-state index in [-0.39, 0.29) is 39.9 Å². The third-order valence-electron chi connectivity index (χ3n) is 10.7. The van der Waals surface area contributed by atoms with Gasteiger partial charge in [-0.25, -0.2) is 4.79 Å². The van der Waals surface area contributed by atoms with Gasteiger partial charge >= 0.3 is 12.1 Å². The van der Waals surface area contributed by atoms with Gasteiger partial charge < -0.3 is 24.2 Å². The zero-order valence-corrected chi connectivity index (χ0v) is 31.9. The number of hydrogen-bond donors (Lipinski definition) is 0. The molecule has 0 aromatic rings. The Hall–Kier alpha value is -2.15. The molecule has 10 nitrogen and oxygen atoms in total. The summed E-state index contributed by atoms with van der Waals surface area (Å²) in [7, 11) is 0. The van der Waals surface area contributed by atoms with Gasteiger partial charge in [0.05, 0.1) is 13.2 Å². The van der Waals surface area contributed by atoms with E-state index < -0.39 is 11.1 Å². The van der Waals surface area contributed by atoms with Crippen LogP contribution in [0, 0.1) is 11.8 Å². The lowest BCUT2D eigenvalue weighted by molar-refractivity contribution is -0.162. The maximum atomic E-state index is 14.6. The van der Waals surface area contributed by atoms with E-state index in [9.17, 15) is 14.4 Å². The molecule has 0 spiro atoms. The molecule has 5 rings (SSSR count). The van der Waals surface area contributed by atoms with Crippen molar-refractivity contribution in [2.45, 2.75) is 120 Å². The lowest BCUT2D eigenvalue weighted by Crippen LogP contribution is -2.61. The number of fused-ring (bicyclic) bond motifs is 1. The quantitative estimate of drug-likeness (QED) is 0.104. The SMILES string of the molecule is CCCCOC(=O)C1(N2CCC(N3C(=O)C(N4CC5CN(C(=O)OC(C)(C)C)CC5C4)=NC/C=C\C=C/C3I)CC2)CCCCCCC1. The number of ether oxygens (including phenoxy) is 2. The van der Waals surface area contributed by atoms with Crippen molar-refractivity contribution in [1.82, 2.24) is 19.6 Å². The highest BCUT2D eigenvalue weighted by Crippen LogP contribution is 2.37. The van der Waals surface area contributed by atoms with Crippen LogP contribution in [-0.4, -0.2) is 117 Å². The smallest absolute Gasteiger partial charge is 0.410 e. The largest absolute Gasteiger partial charge is 0.464 e. The van der Waals surface area contributed by atoms with Crippen LogP contribution in [0.25, 0.3) is 0 Å². The summed E-state index contributed by atoms with van der Waals surface area (Å²) >= 11 is 2.38. The molecule has 3 atom stereocenters. The number of allylic oxidation sites excluding steroid dienone is 2. The van der Waals surface area contributed by atoms with E-state index in [1.807, 2.05) is 43.9 Å². The van der Waals surface area contributed by atoms with Crippen molar-refractivity contribution in [2.75, 3.05) is 52.4 Å². The van der Waals surface area contributed by atoms with Crippen molar-refractivity contribution < 1.29 is 23.9 Å². The maximum absolute atomic E-state index is 14.6. The molecule has 0 aromatic heterocycles. The molecule has 4 heterocycles. The number of nitrogens with zero attached hydrogens (tertiary/aromatic N) is 5. The molecule has 4 aliphatic heterocycles. The van der Waals surface area contributed by atoms with Crippen LogP contribution in [-0.2, 0) is 19.1 Å². The molecule has 0 radical (unpaired) electrons.